The molecule has 10 heteroatoms. The quantitative estimate of drug-likeness (QED) is 0.208. The van der Waals surface area contributed by atoms with Gasteiger partial charge in [0.25, 0.3) is 5.56 Å². The molecule has 8 nitrogen and oxygen atoms in total. The van der Waals surface area contributed by atoms with Gasteiger partial charge in [-0.3, -0.25) is 9.36 Å². The van der Waals surface area contributed by atoms with E-state index in [1.807, 2.05) is 37.3 Å². The zero-order valence-electron chi connectivity index (χ0n) is 18.1. The zero-order valence-corrected chi connectivity index (χ0v) is 19.7. The van der Waals surface area contributed by atoms with Crippen molar-refractivity contribution >= 4 is 34.3 Å². The highest BCUT2D eigenvalue weighted by Gasteiger charge is 2.17. The number of para-hydroxylation sites is 1. The highest BCUT2D eigenvalue weighted by atomic mass is 35.5. The van der Waals surface area contributed by atoms with Gasteiger partial charge in [-0.2, -0.15) is 4.98 Å². The van der Waals surface area contributed by atoms with Gasteiger partial charge in [-0.15, -0.1) is 0 Å². The van der Waals surface area contributed by atoms with E-state index in [0.717, 1.165) is 5.56 Å². The second-order valence-electron chi connectivity index (χ2n) is 7.26. The van der Waals surface area contributed by atoms with Crippen LogP contribution in [0, 0.1) is 0 Å². The van der Waals surface area contributed by atoms with Gasteiger partial charge in [0.2, 0.25) is 11.7 Å². The molecule has 172 valence electrons. The highest BCUT2D eigenvalue weighted by molar-refractivity contribution is 7.98. The first-order valence-corrected chi connectivity index (χ1v) is 11.9. The number of nitrogens with zero attached hydrogens (tertiary/aromatic N) is 4. The first-order valence-electron chi connectivity index (χ1n) is 10.5. The largest absolute Gasteiger partial charge is 0.493 e. The molecule has 0 saturated carbocycles. The number of hydrogen-bond donors (Lipinski definition) is 0. The van der Waals surface area contributed by atoms with Gasteiger partial charge in [-0.05, 0) is 49.4 Å². The van der Waals surface area contributed by atoms with Crippen LogP contribution in [0.25, 0.3) is 22.3 Å². The Kier molecular flexibility index (Phi) is 6.37. The van der Waals surface area contributed by atoms with E-state index in [-0.39, 0.29) is 12.1 Å². The van der Waals surface area contributed by atoms with E-state index in [1.54, 1.807) is 35.1 Å². The van der Waals surface area contributed by atoms with Crippen molar-refractivity contribution in [2.24, 2.45) is 0 Å². The maximum atomic E-state index is 13.2. The van der Waals surface area contributed by atoms with Crippen molar-refractivity contribution in [2.45, 2.75) is 24.4 Å². The van der Waals surface area contributed by atoms with Gasteiger partial charge in [0.05, 0.1) is 41.6 Å². The van der Waals surface area contributed by atoms with Crippen LogP contribution >= 0.6 is 23.4 Å². The van der Waals surface area contributed by atoms with Crippen molar-refractivity contribution in [3.63, 3.8) is 0 Å². The first-order chi connectivity index (χ1) is 16.6. The van der Waals surface area contributed by atoms with Crippen molar-refractivity contribution in [1.82, 2.24) is 19.7 Å². The van der Waals surface area contributed by atoms with E-state index in [0.29, 0.717) is 56.7 Å². The molecule has 0 bridgehead atoms. The van der Waals surface area contributed by atoms with Crippen LogP contribution in [0.5, 0.6) is 5.75 Å². The predicted molar refractivity (Wildman–Crippen MR) is 129 cm³/mol. The normalized spacial score (nSPS) is 11.2. The SMILES string of the molecule is CCOc1ccccc1-c1noc(CSc2nc3cc(Cl)ccc3c(=O)n2Cc2ccco2)n1. The molecule has 2 aromatic carbocycles. The zero-order chi connectivity index (χ0) is 23.5. The van der Waals surface area contributed by atoms with Crippen molar-refractivity contribution < 1.29 is 13.7 Å². The highest BCUT2D eigenvalue weighted by Crippen LogP contribution is 2.29. The molecule has 0 aliphatic heterocycles. The van der Waals surface area contributed by atoms with Crippen molar-refractivity contribution in [1.29, 1.82) is 0 Å². The van der Waals surface area contributed by atoms with E-state index in [9.17, 15) is 4.79 Å². The van der Waals surface area contributed by atoms with Crippen LogP contribution in [0.4, 0.5) is 0 Å². The summed E-state index contributed by atoms with van der Waals surface area (Å²) in [6.45, 7) is 2.69. The van der Waals surface area contributed by atoms with Gasteiger partial charge < -0.3 is 13.7 Å². The number of hydrogen-bond acceptors (Lipinski definition) is 8. The standard InChI is InChI=1S/C24H19ClN4O4S/c1-2-31-20-8-4-3-7-18(20)22-27-21(33-28-22)14-34-24-26-19-12-15(25)9-10-17(19)23(30)29(24)13-16-6-5-11-32-16/h3-12H,2,13-14H2,1H3. The van der Waals surface area contributed by atoms with Crippen LogP contribution in [0.2, 0.25) is 5.02 Å². The molecule has 0 fully saturated rings. The van der Waals surface area contributed by atoms with Crippen LogP contribution in [0.1, 0.15) is 18.6 Å². The second-order valence-corrected chi connectivity index (χ2v) is 8.64. The molecule has 5 aromatic rings. The van der Waals surface area contributed by atoms with E-state index >= 15 is 0 Å². The number of thioether (sulfide) groups is 1. The number of benzene rings is 2. The minimum atomic E-state index is -0.183. The number of fused-ring (bicyclic) bond motifs is 1. The molecular formula is C24H19ClN4O4S. The van der Waals surface area contributed by atoms with E-state index in [2.05, 4.69) is 15.1 Å². The molecule has 3 aromatic heterocycles. The van der Waals surface area contributed by atoms with E-state index in [4.69, 9.17) is 25.3 Å². The van der Waals surface area contributed by atoms with E-state index < -0.39 is 0 Å². The summed E-state index contributed by atoms with van der Waals surface area (Å²) in [6, 6.07) is 16.1. The molecule has 0 N–H and O–H groups in total. The lowest BCUT2D eigenvalue weighted by atomic mass is 10.2. The number of halogens is 1. The van der Waals surface area contributed by atoms with Crippen molar-refractivity contribution in [3.05, 3.63) is 87.9 Å². The molecule has 0 aliphatic carbocycles. The topological polar surface area (TPSA) is 96.2 Å². The molecule has 0 spiro atoms. The summed E-state index contributed by atoms with van der Waals surface area (Å²) >= 11 is 7.45. The van der Waals surface area contributed by atoms with Crippen LogP contribution < -0.4 is 10.3 Å². The van der Waals surface area contributed by atoms with Crippen LogP contribution in [-0.2, 0) is 12.3 Å². The molecular weight excluding hydrogens is 476 g/mol. The third-order valence-electron chi connectivity index (χ3n) is 5.00. The molecule has 0 unspecified atom stereocenters. The smallest absolute Gasteiger partial charge is 0.262 e. The lowest BCUT2D eigenvalue weighted by Crippen LogP contribution is -2.23. The van der Waals surface area contributed by atoms with Crippen molar-refractivity contribution in [2.75, 3.05) is 6.61 Å². The van der Waals surface area contributed by atoms with Crippen LogP contribution in [0.15, 0.2) is 79.8 Å². The Labute approximate surface area is 203 Å². The van der Waals surface area contributed by atoms with Gasteiger partial charge >= 0.3 is 0 Å². The Hall–Kier alpha value is -3.56. The van der Waals surface area contributed by atoms with Gasteiger partial charge in [-0.1, -0.05) is 40.7 Å². The van der Waals surface area contributed by atoms with Crippen LogP contribution in [0.3, 0.4) is 0 Å². The van der Waals surface area contributed by atoms with E-state index in [1.165, 1.54) is 11.8 Å². The monoisotopic (exact) mass is 494 g/mol. The third-order valence-corrected chi connectivity index (χ3v) is 6.19. The molecule has 0 amide bonds. The summed E-state index contributed by atoms with van der Waals surface area (Å²) in [5.41, 5.74) is 1.09. The van der Waals surface area contributed by atoms with Crippen molar-refractivity contribution in [3.8, 4) is 17.1 Å². The molecule has 0 atom stereocenters. The Balaban J connectivity index is 1.46. The first kappa shape index (κ1) is 22.2. The van der Waals surface area contributed by atoms with Crippen LogP contribution in [-0.4, -0.2) is 26.3 Å². The average Bonchev–Trinajstić information content (AvgIpc) is 3.52. The summed E-state index contributed by atoms with van der Waals surface area (Å²) in [4.78, 5) is 22.4. The summed E-state index contributed by atoms with van der Waals surface area (Å²) in [5, 5.41) is 5.58. The summed E-state index contributed by atoms with van der Waals surface area (Å²) in [7, 11) is 0. The van der Waals surface area contributed by atoms with Gasteiger partial charge in [-0.25, -0.2) is 4.98 Å². The number of ether oxygens (including phenoxy) is 1. The fourth-order valence-corrected chi connectivity index (χ4v) is 4.47. The molecule has 0 radical (unpaired) electrons. The van der Waals surface area contributed by atoms with Gasteiger partial charge in [0.15, 0.2) is 5.16 Å². The fraction of sp³-hybridized carbons (Fsp3) is 0.167. The Morgan fingerprint density at radius 2 is 2.00 bits per heavy atom. The second kappa shape index (κ2) is 9.74. The molecule has 0 saturated heterocycles. The predicted octanol–water partition coefficient (Wildman–Crippen LogP) is 5.43. The summed E-state index contributed by atoms with van der Waals surface area (Å²) in [5.74, 6) is 2.49. The Bertz CT molecular complexity index is 1500. The lowest BCUT2D eigenvalue weighted by Gasteiger charge is -2.11. The van der Waals surface area contributed by atoms with Gasteiger partial charge in [0, 0.05) is 5.02 Å². The fourth-order valence-electron chi connectivity index (χ4n) is 3.46. The Morgan fingerprint density at radius 3 is 2.82 bits per heavy atom. The average molecular weight is 495 g/mol. The third kappa shape index (κ3) is 4.57. The maximum absolute atomic E-state index is 13.2. The number of aromatic nitrogens is 4. The maximum Gasteiger partial charge on any atom is 0.262 e. The minimum Gasteiger partial charge on any atom is -0.493 e. The minimum absolute atomic E-state index is 0.183. The number of rotatable bonds is 8. The molecule has 34 heavy (non-hydrogen) atoms. The summed E-state index contributed by atoms with van der Waals surface area (Å²) < 4.78 is 18.2. The van der Waals surface area contributed by atoms with Gasteiger partial charge in [0.1, 0.15) is 11.5 Å². The molecule has 5 rings (SSSR count). The number of furan rings is 1. The summed E-state index contributed by atoms with van der Waals surface area (Å²) in [6.07, 6.45) is 1.57. The Morgan fingerprint density at radius 1 is 1.12 bits per heavy atom. The molecule has 3 heterocycles. The molecule has 0 aliphatic rings. The lowest BCUT2D eigenvalue weighted by molar-refractivity contribution is 0.341.